The van der Waals surface area contributed by atoms with E-state index in [9.17, 15) is 4.79 Å². The fraction of sp³-hybridized carbons (Fsp3) is 0.500. The summed E-state index contributed by atoms with van der Waals surface area (Å²) in [6, 6.07) is 10.1. The zero-order valence-electron chi connectivity index (χ0n) is 14.9. The molecular weight excluding hydrogens is 298 g/mol. The average molecular weight is 325 g/mol. The van der Waals surface area contributed by atoms with Crippen molar-refractivity contribution >= 4 is 16.8 Å². The summed E-state index contributed by atoms with van der Waals surface area (Å²) in [5.41, 5.74) is 1.66. The molecule has 1 aromatic carbocycles. The molecule has 1 aliphatic heterocycles. The Bertz CT molecular complexity index is 700. The van der Waals surface area contributed by atoms with Gasteiger partial charge in [-0.1, -0.05) is 32.0 Å². The number of amides is 1. The van der Waals surface area contributed by atoms with E-state index in [2.05, 4.69) is 35.7 Å². The lowest BCUT2D eigenvalue weighted by Gasteiger charge is -2.38. The third kappa shape index (κ3) is 3.59. The molecule has 0 unspecified atom stereocenters. The number of fused-ring (bicyclic) bond motifs is 1. The maximum atomic E-state index is 13.4. The summed E-state index contributed by atoms with van der Waals surface area (Å²) in [6.07, 6.45) is 3.85. The molecule has 4 heteroatoms. The van der Waals surface area contributed by atoms with Crippen molar-refractivity contribution in [2.45, 2.75) is 32.7 Å². The molecule has 2 aromatic rings. The van der Waals surface area contributed by atoms with E-state index in [4.69, 9.17) is 0 Å². The van der Waals surface area contributed by atoms with Gasteiger partial charge in [0.2, 0.25) is 0 Å². The van der Waals surface area contributed by atoms with Gasteiger partial charge < -0.3 is 9.80 Å². The van der Waals surface area contributed by atoms with Gasteiger partial charge in [0.1, 0.15) is 0 Å². The fourth-order valence-corrected chi connectivity index (χ4v) is 3.53. The highest BCUT2D eigenvalue weighted by atomic mass is 16.2. The molecule has 0 atom stereocenters. The number of pyridine rings is 1. The predicted octanol–water partition coefficient (Wildman–Crippen LogP) is 3.43. The summed E-state index contributed by atoms with van der Waals surface area (Å²) in [5, 5.41) is 0.951. The molecule has 0 spiro atoms. The molecule has 0 N–H and O–H groups in total. The van der Waals surface area contributed by atoms with Crippen LogP contribution in [-0.4, -0.2) is 53.4 Å². The Kier molecular flexibility index (Phi) is 5.14. The van der Waals surface area contributed by atoms with Gasteiger partial charge in [0.05, 0.1) is 11.1 Å². The maximum Gasteiger partial charge on any atom is 0.254 e. The number of piperidine rings is 1. The minimum Gasteiger partial charge on any atom is -0.335 e. The van der Waals surface area contributed by atoms with Crippen molar-refractivity contribution in [1.29, 1.82) is 0 Å². The van der Waals surface area contributed by atoms with Crippen molar-refractivity contribution < 1.29 is 4.79 Å². The van der Waals surface area contributed by atoms with Crippen LogP contribution in [0.25, 0.3) is 10.9 Å². The van der Waals surface area contributed by atoms with Crippen molar-refractivity contribution in [2.75, 3.05) is 26.7 Å². The predicted molar refractivity (Wildman–Crippen MR) is 98.1 cm³/mol. The number of benzene rings is 1. The van der Waals surface area contributed by atoms with Crippen LogP contribution in [0.2, 0.25) is 0 Å². The second-order valence-corrected chi connectivity index (χ2v) is 7.26. The van der Waals surface area contributed by atoms with Gasteiger partial charge in [-0.05, 0) is 51.0 Å². The van der Waals surface area contributed by atoms with Crippen molar-refractivity contribution in [3.63, 3.8) is 0 Å². The summed E-state index contributed by atoms with van der Waals surface area (Å²) in [5.74, 6) is 0.610. The quantitative estimate of drug-likeness (QED) is 0.864. The van der Waals surface area contributed by atoms with Gasteiger partial charge in [0.25, 0.3) is 5.91 Å². The molecule has 1 amide bonds. The molecular formula is C20H27N3O. The first-order valence-electron chi connectivity index (χ1n) is 8.89. The number of hydrogen-bond acceptors (Lipinski definition) is 3. The molecule has 24 heavy (non-hydrogen) atoms. The Balaban J connectivity index is 1.92. The zero-order chi connectivity index (χ0) is 17.1. The van der Waals surface area contributed by atoms with Crippen molar-refractivity contribution in [3.8, 4) is 0 Å². The maximum absolute atomic E-state index is 13.4. The van der Waals surface area contributed by atoms with Crippen LogP contribution in [0.3, 0.4) is 0 Å². The van der Waals surface area contributed by atoms with Gasteiger partial charge in [-0.15, -0.1) is 0 Å². The third-order valence-corrected chi connectivity index (χ3v) is 4.83. The summed E-state index contributed by atoms with van der Waals surface area (Å²) >= 11 is 0. The van der Waals surface area contributed by atoms with Crippen LogP contribution in [0.5, 0.6) is 0 Å². The van der Waals surface area contributed by atoms with E-state index in [0.29, 0.717) is 12.0 Å². The molecule has 0 radical (unpaired) electrons. The summed E-state index contributed by atoms with van der Waals surface area (Å²) in [6.45, 7) is 7.29. The van der Waals surface area contributed by atoms with Gasteiger partial charge >= 0.3 is 0 Å². The number of hydrogen-bond donors (Lipinski definition) is 0. The van der Waals surface area contributed by atoms with E-state index >= 15 is 0 Å². The Morgan fingerprint density at radius 1 is 1.25 bits per heavy atom. The van der Waals surface area contributed by atoms with Gasteiger partial charge in [-0.3, -0.25) is 9.78 Å². The topological polar surface area (TPSA) is 36.4 Å². The molecule has 1 aliphatic rings. The van der Waals surface area contributed by atoms with Crippen molar-refractivity contribution in [2.24, 2.45) is 5.92 Å². The summed E-state index contributed by atoms with van der Waals surface area (Å²) in [7, 11) is 2.15. The Labute approximate surface area is 144 Å². The van der Waals surface area contributed by atoms with E-state index in [1.54, 1.807) is 6.20 Å². The molecule has 0 aliphatic carbocycles. The molecule has 2 heterocycles. The molecule has 3 rings (SSSR count). The standard InChI is InChI=1S/C20H27N3O/c1-15(2)14-23(16-9-12-22(3)13-10-16)20(24)18-8-11-21-19-7-5-4-6-17(18)19/h4-8,11,15-16H,9-10,12-14H2,1-3H3. The second kappa shape index (κ2) is 7.31. The lowest BCUT2D eigenvalue weighted by Crippen LogP contribution is -2.48. The second-order valence-electron chi connectivity index (χ2n) is 7.26. The lowest BCUT2D eigenvalue weighted by molar-refractivity contribution is 0.0561. The Morgan fingerprint density at radius 3 is 2.67 bits per heavy atom. The molecule has 0 bridgehead atoms. The zero-order valence-corrected chi connectivity index (χ0v) is 14.9. The van der Waals surface area contributed by atoms with Crippen LogP contribution < -0.4 is 0 Å². The van der Waals surface area contributed by atoms with Gasteiger partial charge in [-0.2, -0.15) is 0 Å². The summed E-state index contributed by atoms with van der Waals surface area (Å²) in [4.78, 5) is 22.2. The van der Waals surface area contributed by atoms with E-state index in [-0.39, 0.29) is 5.91 Å². The molecule has 1 saturated heterocycles. The number of carbonyl (C=O) groups excluding carboxylic acids is 1. The highest BCUT2D eigenvalue weighted by Gasteiger charge is 2.28. The first-order chi connectivity index (χ1) is 11.6. The van der Waals surface area contributed by atoms with Gasteiger partial charge in [0.15, 0.2) is 0 Å². The first-order valence-corrected chi connectivity index (χ1v) is 8.89. The minimum atomic E-state index is 0.150. The normalized spacial score (nSPS) is 16.7. The van der Waals surface area contributed by atoms with E-state index < -0.39 is 0 Å². The summed E-state index contributed by atoms with van der Waals surface area (Å²) < 4.78 is 0. The van der Waals surface area contributed by atoms with Crippen LogP contribution in [-0.2, 0) is 0 Å². The number of likely N-dealkylation sites (tertiary alicyclic amines) is 1. The van der Waals surface area contributed by atoms with Crippen molar-refractivity contribution in [3.05, 3.63) is 42.1 Å². The van der Waals surface area contributed by atoms with E-state index in [0.717, 1.165) is 48.9 Å². The number of aromatic nitrogens is 1. The van der Waals surface area contributed by atoms with Gasteiger partial charge in [0, 0.05) is 24.2 Å². The molecule has 0 saturated carbocycles. The van der Waals surface area contributed by atoms with Crippen molar-refractivity contribution in [1.82, 2.24) is 14.8 Å². The van der Waals surface area contributed by atoms with E-state index in [1.165, 1.54) is 0 Å². The fourth-order valence-electron chi connectivity index (χ4n) is 3.53. The highest BCUT2D eigenvalue weighted by molar-refractivity contribution is 6.06. The third-order valence-electron chi connectivity index (χ3n) is 4.83. The Hall–Kier alpha value is -1.94. The largest absolute Gasteiger partial charge is 0.335 e. The van der Waals surface area contributed by atoms with Crippen LogP contribution >= 0.6 is 0 Å². The molecule has 128 valence electrons. The average Bonchev–Trinajstić information content (AvgIpc) is 2.59. The number of carbonyl (C=O) groups is 1. The lowest BCUT2D eigenvalue weighted by atomic mass is 9.99. The van der Waals surface area contributed by atoms with Gasteiger partial charge in [-0.25, -0.2) is 0 Å². The van der Waals surface area contributed by atoms with Crippen LogP contribution in [0, 0.1) is 5.92 Å². The Morgan fingerprint density at radius 2 is 1.96 bits per heavy atom. The highest BCUT2D eigenvalue weighted by Crippen LogP contribution is 2.23. The molecule has 1 aromatic heterocycles. The van der Waals surface area contributed by atoms with Crippen LogP contribution in [0.4, 0.5) is 0 Å². The monoisotopic (exact) mass is 325 g/mol. The molecule has 4 nitrogen and oxygen atoms in total. The smallest absolute Gasteiger partial charge is 0.254 e. The molecule has 1 fully saturated rings. The van der Waals surface area contributed by atoms with Crippen LogP contribution in [0.15, 0.2) is 36.5 Å². The number of rotatable bonds is 4. The van der Waals surface area contributed by atoms with Crippen LogP contribution in [0.1, 0.15) is 37.0 Å². The SMILES string of the molecule is CC(C)CN(C(=O)c1ccnc2ccccc12)C1CCN(C)CC1. The number of nitrogens with zero attached hydrogens (tertiary/aromatic N) is 3. The number of para-hydroxylation sites is 1. The first kappa shape index (κ1) is 16.9. The minimum absolute atomic E-state index is 0.150. The van der Waals surface area contributed by atoms with E-state index in [1.807, 2.05) is 30.3 Å².